The Morgan fingerprint density at radius 3 is 2.70 bits per heavy atom. The zero-order valence-corrected chi connectivity index (χ0v) is 12.8. The Kier molecular flexibility index (Phi) is 5.67. The lowest BCUT2D eigenvalue weighted by molar-refractivity contribution is 0.261. The van der Waals surface area contributed by atoms with E-state index in [9.17, 15) is 9.18 Å². The van der Waals surface area contributed by atoms with Gasteiger partial charge in [0.2, 0.25) is 5.88 Å². The normalized spacial score (nSPS) is 10.0. The molecule has 1 heterocycles. The molecule has 2 rings (SSSR count). The molecule has 8 heteroatoms. The number of urea groups is 1. The van der Waals surface area contributed by atoms with Crippen LogP contribution in [0.1, 0.15) is 13.8 Å². The van der Waals surface area contributed by atoms with Crippen molar-refractivity contribution in [2.45, 2.75) is 13.8 Å². The molecule has 7 nitrogen and oxygen atoms in total. The zero-order valence-electron chi connectivity index (χ0n) is 12.8. The van der Waals surface area contributed by atoms with Crippen LogP contribution in [0.4, 0.5) is 20.6 Å². The summed E-state index contributed by atoms with van der Waals surface area (Å²) in [5, 5.41) is 5.06. The molecule has 2 amide bonds. The fourth-order valence-corrected chi connectivity index (χ4v) is 1.73. The molecule has 2 aromatic rings. The molecule has 1 aromatic carbocycles. The van der Waals surface area contributed by atoms with Crippen LogP contribution in [0, 0.1) is 5.82 Å². The van der Waals surface area contributed by atoms with Crippen LogP contribution in [-0.4, -0.2) is 29.2 Å². The average Bonchev–Trinajstić information content (AvgIpc) is 2.50. The van der Waals surface area contributed by atoms with E-state index in [-0.39, 0.29) is 17.6 Å². The molecule has 0 spiro atoms. The maximum absolute atomic E-state index is 13.1. The molecule has 2 N–H and O–H groups in total. The highest BCUT2D eigenvalue weighted by atomic mass is 19.1. The van der Waals surface area contributed by atoms with E-state index in [0.29, 0.717) is 18.9 Å². The van der Waals surface area contributed by atoms with Gasteiger partial charge < -0.3 is 20.1 Å². The highest BCUT2D eigenvalue weighted by molar-refractivity contribution is 6.00. The number of carbonyl (C=O) groups excluding carboxylic acids is 1. The van der Waals surface area contributed by atoms with Crippen molar-refractivity contribution in [3.05, 3.63) is 36.3 Å². The van der Waals surface area contributed by atoms with E-state index in [4.69, 9.17) is 9.47 Å². The van der Waals surface area contributed by atoms with Gasteiger partial charge in [0.1, 0.15) is 11.5 Å². The lowest BCUT2D eigenvalue weighted by Gasteiger charge is -2.12. The van der Waals surface area contributed by atoms with Gasteiger partial charge in [-0.15, -0.1) is 0 Å². The molecule has 23 heavy (non-hydrogen) atoms. The number of ether oxygens (including phenoxy) is 2. The van der Waals surface area contributed by atoms with Crippen LogP contribution in [0.5, 0.6) is 11.9 Å². The van der Waals surface area contributed by atoms with Gasteiger partial charge in [-0.2, -0.15) is 4.98 Å². The van der Waals surface area contributed by atoms with Gasteiger partial charge in [0.25, 0.3) is 0 Å². The molecule has 0 saturated heterocycles. The van der Waals surface area contributed by atoms with Crippen molar-refractivity contribution in [2.24, 2.45) is 0 Å². The van der Waals surface area contributed by atoms with Crippen LogP contribution in [0.15, 0.2) is 30.5 Å². The third-order valence-electron chi connectivity index (χ3n) is 2.62. The molecule has 0 radical (unpaired) electrons. The number of carbonyl (C=O) groups is 1. The third-order valence-corrected chi connectivity index (χ3v) is 2.62. The number of amides is 2. The zero-order chi connectivity index (χ0) is 16.7. The number of benzene rings is 1. The molecule has 0 fully saturated rings. The van der Waals surface area contributed by atoms with E-state index in [1.54, 1.807) is 13.0 Å². The van der Waals surface area contributed by atoms with Crippen molar-refractivity contribution in [3.63, 3.8) is 0 Å². The first-order valence-corrected chi connectivity index (χ1v) is 7.08. The highest BCUT2D eigenvalue weighted by Gasteiger charge is 2.12. The molecular formula is C15H17FN4O3. The Labute approximate surface area is 132 Å². The third kappa shape index (κ3) is 4.80. The second-order valence-electron chi connectivity index (χ2n) is 4.33. The Hall–Kier alpha value is -2.90. The quantitative estimate of drug-likeness (QED) is 0.854. The van der Waals surface area contributed by atoms with Gasteiger partial charge in [0.15, 0.2) is 0 Å². The second-order valence-corrected chi connectivity index (χ2v) is 4.33. The second kappa shape index (κ2) is 7.92. The van der Waals surface area contributed by atoms with Crippen molar-refractivity contribution in [3.8, 4) is 11.9 Å². The number of hydrogen-bond donors (Lipinski definition) is 2. The largest absolute Gasteiger partial charge is 0.476 e. The van der Waals surface area contributed by atoms with E-state index >= 15 is 0 Å². The van der Waals surface area contributed by atoms with Gasteiger partial charge >= 0.3 is 12.0 Å². The van der Waals surface area contributed by atoms with Crippen molar-refractivity contribution in [2.75, 3.05) is 23.8 Å². The maximum Gasteiger partial charge on any atom is 0.323 e. The monoisotopic (exact) mass is 320 g/mol. The summed E-state index contributed by atoms with van der Waals surface area (Å²) < 4.78 is 23.7. The first-order chi connectivity index (χ1) is 11.1. The van der Waals surface area contributed by atoms with E-state index in [2.05, 4.69) is 20.6 Å². The maximum atomic E-state index is 13.1. The van der Waals surface area contributed by atoms with Gasteiger partial charge in [-0.25, -0.2) is 14.2 Å². The lowest BCUT2D eigenvalue weighted by Crippen LogP contribution is -2.20. The Balaban J connectivity index is 2.10. The fraction of sp³-hybridized carbons (Fsp3) is 0.267. The minimum absolute atomic E-state index is 0.159. The molecule has 0 aliphatic carbocycles. The minimum atomic E-state index is -0.565. The van der Waals surface area contributed by atoms with Crippen LogP contribution >= 0.6 is 0 Å². The summed E-state index contributed by atoms with van der Waals surface area (Å²) in [6.45, 7) is 4.38. The summed E-state index contributed by atoms with van der Waals surface area (Å²) in [7, 11) is 0. The SMILES string of the molecule is CCOc1ncc(NC(=O)Nc2cccc(F)c2)c(OCC)n1. The summed E-state index contributed by atoms with van der Waals surface area (Å²) in [6, 6.07) is 5.16. The average molecular weight is 320 g/mol. The van der Waals surface area contributed by atoms with Gasteiger partial charge in [-0.1, -0.05) is 6.07 Å². The summed E-state index contributed by atoms with van der Waals surface area (Å²) >= 11 is 0. The first-order valence-electron chi connectivity index (χ1n) is 7.08. The number of halogens is 1. The number of nitrogens with one attached hydrogen (secondary N) is 2. The number of aromatic nitrogens is 2. The van der Waals surface area contributed by atoms with Crippen molar-refractivity contribution >= 4 is 17.4 Å². The van der Waals surface area contributed by atoms with Gasteiger partial charge in [0.05, 0.1) is 19.4 Å². The van der Waals surface area contributed by atoms with Crippen molar-refractivity contribution in [1.29, 1.82) is 0 Å². The van der Waals surface area contributed by atoms with E-state index < -0.39 is 11.8 Å². The van der Waals surface area contributed by atoms with Gasteiger partial charge in [-0.05, 0) is 32.0 Å². The summed E-state index contributed by atoms with van der Waals surface area (Å²) in [5.74, 6) is -0.248. The molecule has 0 aliphatic rings. The lowest BCUT2D eigenvalue weighted by atomic mass is 10.3. The van der Waals surface area contributed by atoms with Crippen LogP contribution < -0.4 is 20.1 Å². The molecule has 0 saturated carbocycles. The van der Waals surface area contributed by atoms with Crippen LogP contribution in [-0.2, 0) is 0 Å². The Bertz CT molecular complexity index is 682. The fourth-order valence-electron chi connectivity index (χ4n) is 1.73. The molecule has 0 bridgehead atoms. The van der Waals surface area contributed by atoms with Crippen molar-refractivity contribution in [1.82, 2.24) is 9.97 Å². The summed E-state index contributed by atoms with van der Waals surface area (Å²) in [5.41, 5.74) is 0.608. The van der Waals surface area contributed by atoms with E-state index in [1.165, 1.54) is 24.4 Å². The van der Waals surface area contributed by atoms with Gasteiger partial charge in [-0.3, -0.25) is 0 Å². The highest BCUT2D eigenvalue weighted by Crippen LogP contribution is 2.23. The Morgan fingerprint density at radius 2 is 2.00 bits per heavy atom. The molecule has 1 aromatic heterocycles. The minimum Gasteiger partial charge on any atom is -0.476 e. The summed E-state index contributed by atoms with van der Waals surface area (Å²) in [4.78, 5) is 20.0. The standard InChI is InChI=1S/C15H17FN4O3/c1-3-22-13-12(9-17-15(20-13)23-4-2)19-14(21)18-11-7-5-6-10(16)8-11/h5-9H,3-4H2,1-2H3,(H2,18,19,21). The molecule has 0 unspecified atom stereocenters. The predicted molar refractivity (Wildman–Crippen MR) is 83.4 cm³/mol. The van der Waals surface area contributed by atoms with E-state index in [0.717, 1.165) is 0 Å². The smallest absolute Gasteiger partial charge is 0.323 e. The van der Waals surface area contributed by atoms with Crippen molar-refractivity contribution < 1.29 is 18.7 Å². The molecule has 0 aliphatic heterocycles. The van der Waals surface area contributed by atoms with Gasteiger partial charge in [0, 0.05) is 5.69 Å². The summed E-state index contributed by atoms with van der Waals surface area (Å²) in [6.07, 6.45) is 1.38. The Morgan fingerprint density at radius 1 is 1.22 bits per heavy atom. The first kappa shape index (κ1) is 16.5. The molecule has 0 atom stereocenters. The number of anilines is 2. The van der Waals surface area contributed by atoms with E-state index in [1.807, 2.05) is 6.92 Å². The van der Waals surface area contributed by atoms with Crippen LogP contribution in [0.2, 0.25) is 0 Å². The van der Waals surface area contributed by atoms with Crippen LogP contribution in [0.25, 0.3) is 0 Å². The molecule has 122 valence electrons. The predicted octanol–water partition coefficient (Wildman–Crippen LogP) is 3.06. The number of nitrogens with zero attached hydrogens (tertiary/aromatic N) is 2. The number of rotatable bonds is 6. The van der Waals surface area contributed by atoms with Crippen LogP contribution in [0.3, 0.4) is 0 Å². The molecular weight excluding hydrogens is 303 g/mol. The topological polar surface area (TPSA) is 85.4 Å². The number of hydrogen-bond acceptors (Lipinski definition) is 5.